The molecule has 0 amide bonds. The summed E-state index contributed by atoms with van der Waals surface area (Å²) in [5.74, 6) is 0.591. The Hall–Kier alpha value is -1.68. The number of nitrogens with zero attached hydrogens (tertiary/aromatic N) is 3. The van der Waals surface area contributed by atoms with Crippen molar-refractivity contribution in [3.63, 3.8) is 0 Å². The third-order valence-corrected chi connectivity index (χ3v) is 2.00. The number of amidine groups is 1. The quantitative estimate of drug-likeness (QED) is 0.563. The van der Waals surface area contributed by atoms with Gasteiger partial charge in [0.15, 0.2) is 5.69 Å². The molecule has 4 nitrogen and oxygen atoms in total. The van der Waals surface area contributed by atoms with E-state index in [2.05, 4.69) is 11.8 Å². The van der Waals surface area contributed by atoms with Crippen LogP contribution in [0.4, 0.5) is 11.4 Å². The molecule has 0 saturated heterocycles. The molecule has 0 aromatic heterocycles. The van der Waals surface area contributed by atoms with E-state index in [1.807, 2.05) is 12.1 Å². The molecule has 0 atom stereocenters. The molecule has 0 bridgehead atoms. The van der Waals surface area contributed by atoms with Gasteiger partial charge in [0.05, 0.1) is 6.72 Å². The van der Waals surface area contributed by atoms with E-state index in [0.717, 1.165) is 5.69 Å². The lowest BCUT2D eigenvalue weighted by Crippen LogP contribution is -2.23. The van der Waals surface area contributed by atoms with E-state index in [1.54, 1.807) is 23.6 Å². The standard InChI is InChI=1S/C9H9N3O/c1-7-10-12(13)9-6-4-3-5-8(9)11(7)2/h3-6H,2H2,1H3. The number of hydrogen-bond acceptors (Lipinski definition) is 3. The summed E-state index contributed by atoms with van der Waals surface area (Å²) in [6, 6.07) is 7.22. The van der Waals surface area contributed by atoms with Crippen molar-refractivity contribution in [3.8, 4) is 0 Å². The molecule has 4 heteroatoms. The zero-order chi connectivity index (χ0) is 9.42. The summed E-state index contributed by atoms with van der Waals surface area (Å²) in [5, 5.41) is 15.7. The van der Waals surface area contributed by atoms with Gasteiger partial charge < -0.3 is 5.21 Å². The Morgan fingerprint density at radius 2 is 2.15 bits per heavy atom. The predicted molar refractivity (Wildman–Crippen MR) is 52.4 cm³/mol. The van der Waals surface area contributed by atoms with Gasteiger partial charge in [-0.05, 0) is 12.1 Å². The van der Waals surface area contributed by atoms with E-state index in [9.17, 15) is 5.21 Å². The molecule has 0 spiro atoms. The smallest absolute Gasteiger partial charge is 0.324 e. The van der Waals surface area contributed by atoms with Gasteiger partial charge in [-0.25, -0.2) is 9.75 Å². The lowest BCUT2D eigenvalue weighted by Gasteiger charge is -2.23. The lowest BCUT2D eigenvalue weighted by atomic mass is 10.2. The second-order valence-electron chi connectivity index (χ2n) is 2.84. The van der Waals surface area contributed by atoms with Crippen LogP contribution in [0.5, 0.6) is 0 Å². The zero-order valence-corrected chi connectivity index (χ0v) is 7.27. The van der Waals surface area contributed by atoms with Gasteiger partial charge in [0.2, 0.25) is 0 Å². The highest BCUT2D eigenvalue weighted by molar-refractivity contribution is 5.83. The number of anilines is 1. The third-order valence-electron chi connectivity index (χ3n) is 2.00. The number of para-hydroxylation sites is 2. The van der Waals surface area contributed by atoms with Gasteiger partial charge in [0.25, 0.3) is 0 Å². The molecule has 1 heterocycles. The van der Waals surface area contributed by atoms with Crippen LogP contribution in [0.15, 0.2) is 29.4 Å². The van der Waals surface area contributed by atoms with Crippen molar-refractivity contribution in [2.45, 2.75) is 6.92 Å². The van der Waals surface area contributed by atoms with E-state index >= 15 is 0 Å². The average molecular weight is 175 g/mol. The van der Waals surface area contributed by atoms with Crippen molar-refractivity contribution in [2.75, 3.05) is 5.17 Å². The van der Waals surface area contributed by atoms with E-state index in [4.69, 9.17) is 0 Å². The first-order valence-electron chi connectivity index (χ1n) is 3.92. The van der Waals surface area contributed by atoms with E-state index in [1.165, 1.54) is 0 Å². The third kappa shape index (κ3) is 1.11. The highest BCUT2D eigenvalue weighted by Crippen LogP contribution is 2.30. The number of fused-ring (bicyclic) bond motifs is 1. The van der Waals surface area contributed by atoms with Crippen LogP contribution >= 0.6 is 0 Å². The summed E-state index contributed by atoms with van der Waals surface area (Å²) < 4.78 is 1.64. The molecule has 0 N–H and O–H groups in total. The molecular formula is C9H9N3O. The fraction of sp³-hybridized carbons (Fsp3) is 0.111. The normalized spacial score (nSPS) is 15.4. The SMILES string of the molecule is C=[N+]1C(C)=NN([O-])c2ccccc21. The number of rotatable bonds is 0. The molecule has 0 fully saturated rings. The largest absolute Gasteiger partial charge is 0.718 e. The Morgan fingerprint density at radius 1 is 1.46 bits per heavy atom. The van der Waals surface area contributed by atoms with Crippen molar-refractivity contribution in [1.29, 1.82) is 0 Å². The van der Waals surface area contributed by atoms with Crippen LogP contribution in [-0.2, 0) is 0 Å². The second kappa shape index (κ2) is 2.67. The summed E-state index contributed by atoms with van der Waals surface area (Å²) in [7, 11) is 0. The molecule has 13 heavy (non-hydrogen) atoms. The van der Waals surface area contributed by atoms with Crippen LogP contribution in [-0.4, -0.2) is 17.1 Å². The maximum atomic E-state index is 11.3. The summed E-state index contributed by atoms with van der Waals surface area (Å²) in [6.07, 6.45) is 0. The van der Waals surface area contributed by atoms with E-state index in [-0.39, 0.29) is 0 Å². The second-order valence-corrected chi connectivity index (χ2v) is 2.84. The van der Waals surface area contributed by atoms with Crippen molar-refractivity contribution in [3.05, 3.63) is 29.5 Å². The van der Waals surface area contributed by atoms with Crippen LogP contribution in [0, 0.1) is 5.21 Å². The molecule has 1 aromatic rings. The summed E-state index contributed by atoms with van der Waals surface area (Å²) in [5.41, 5.74) is 1.31. The molecule has 1 aromatic carbocycles. The molecule has 1 aliphatic rings. The summed E-state index contributed by atoms with van der Waals surface area (Å²) >= 11 is 0. The Morgan fingerprint density at radius 3 is 2.92 bits per heavy atom. The van der Waals surface area contributed by atoms with Crippen molar-refractivity contribution in [1.82, 2.24) is 0 Å². The minimum Gasteiger partial charge on any atom is -0.718 e. The average Bonchev–Trinajstić information content (AvgIpc) is 2.15. The fourth-order valence-corrected chi connectivity index (χ4v) is 1.27. The van der Waals surface area contributed by atoms with E-state index in [0.29, 0.717) is 16.7 Å². The zero-order valence-electron chi connectivity index (χ0n) is 7.27. The predicted octanol–water partition coefficient (Wildman–Crippen LogP) is 1.68. The van der Waals surface area contributed by atoms with Crippen LogP contribution in [0.1, 0.15) is 6.92 Å². The highest BCUT2D eigenvalue weighted by Gasteiger charge is 2.21. The van der Waals surface area contributed by atoms with Gasteiger partial charge in [0.1, 0.15) is 5.69 Å². The molecule has 0 radical (unpaired) electrons. The number of benzene rings is 1. The van der Waals surface area contributed by atoms with Gasteiger partial charge >= 0.3 is 5.84 Å². The minimum absolute atomic E-state index is 0.531. The van der Waals surface area contributed by atoms with Crippen LogP contribution in [0.2, 0.25) is 0 Å². The van der Waals surface area contributed by atoms with Gasteiger partial charge in [-0.2, -0.15) is 0 Å². The molecule has 2 rings (SSSR count). The Kier molecular flexibility index (Phi) is 1.63. The molecular weight excluding hydrogens is 166 g/mol. The lowest BCUT2D eigenvalue weighted by molar-refractivity contribution is -0.297. The van der Waals surface area contributed by atoms with Crippen LogP contribution in [0.3, 0.4) is 0 Å². The molecule has 1 aliphatic heterocycles. The van der Waals surface area contributed by atoms with Crippen molar-refractivity contribution < 1.29 is 4.58 Å². The Bertz CT molecular complexity index is 398. The molecule has 0 unspecified atom stereocenters. The Labute approximate surface area is 76.0 Å². The number of hydrogen-bond donors (Lipinski definition) is 0. The van der Waals surface area contributed by atoms with Crippen LogP contribution < -0.4 is 5.17 Å². The maximum absolute atomic E-state index is 11.3. The van der Waals surface area contributed by atoms with Gasteiger partial charge in [-0.3, -0.25) is 0 Å². The topological polar surface area (TPSA) is 41.7 Å². The fourth-order valence-electron chi connectivity index (χ4n) is 1.27. The van der Waals surface area contributed by atoms with Crippen molar-refractivity contribution >= 4 is 23.9 Å². The van der Waals surface area contributed by atoms with Crippen molar-refractivity contribution in [2.24, 2.45) is 5.10 Å². The first-order valence-corrected chi connectivity index (χ1v) is 3.92. The maximum Gasteiger partial charge on any atom is 0.324 e. The van der Waals surface area contributed by atoms with Gasteiger partial charge in [-0.15, -0.1) is 0 Å². The van der Waals surface area contributed by atoms with Gasteiger partial charge in [0, 0.05) is 12.0 Å². The minimum atomic E-state index is 0.531. The highest BCUT2D eigenvalue weighted by atomic mass is 16.5. The number of hydrazone groups is 1. The first-order chi connectivity index (χ1) is 6.20. The summed E-state index contributed by atoms with van der Waals surface area (Å²) in [6.45, 7) is 5.54. The molecule has 0 aliphatic carbocycles. The summed E-state index contributed by atoms with van der Waals surface area (Å²) in [4.78, 5) is 0. The first kappa shape index (κ1) is 7.94. The molecule has 0 saturated carbocycles. The molecule has 66 valence electrons. The van der Waals surface area contributed by atoms with Gasteiger partial charge in [-0.1, -0.05) is 12.1 Å². The Balaban J connectivity index is 2.62. The van der Waals surface area contributed by atoms with E-state index < -0.39 is 0 Å². The van der Waals surface area contributed by atoms with Crippen LogP contribution in [0.25, 0.3) is 0 Å². The monoisotopic (exact) mass is 175 g/mol.